The Labute approximate surface area is 224 Å². The van der Waals surface area contributed by atoms with Gasteiger partial charge in [0.05, 0.1) is 44.1 Å². The lowest BCUT2D eigenvalue weighted by molar-refractivity contribution is -0.121. The van der Waals surface area contributed by atoms with Crippen LogP contribution in [0, 0.1) is 29.6 Å². The van der Waals surface area contributed by atoms with Gasteiger partial charge in [0.15, 0.2) is 0 Å². The number of amides is 2. The summed E-state index contributed by atoms with van der Waals surface area (Å²) in [6.07, 6.45) is 3.74. The number of carbonyl (C=O) groups is 2. The van der Waals surface area contributed by atoms with Crippen molar-refractivity contribution in [2.45, 2.75) is 38.6 Å². The van der Waals surface area contributed by atoms with E-state index in [1.165, 1.54) is 22.5 Å². The highest BCUT2D eigenvalue weighted by Gasteiger charge is 2.49. The first-order valence-electron chi connectivity index (χ1n) is 12.6. The van der Waals surface area contributed by atoms with Crippen LogP contribution in [0.4, 0.5) is 4.79 Å². The van der Waals surface area contributed by atoms with E-state index in [1.807, 2.05) is 0 Å². The molecule has 1 fully saturated rings. The smallest absolute Gasteiger partial charge is 0.407 e. The average molecular weight is 583 g/mol. The van der Waals surface area contributed by atoms with Gasteiger partial charge in [-0.15, -0.1) is 11.8 Å². The zero-order chi connectivity index (χ0) is 26.6. The molecule has 0 bridgehead atoms. The molecule has 3 rings (SSSR count). The van der Waals surface area contributed by atoms with E-state index >= 15 is 0 Å². The molecule has 0 radical (unpaired) electrons. The van der Waals surface area contributed by atoms with Crippen LogP contribution >= 0.6 is 15.9 Å². The predicted octanol–water partition coefficient (Wildman–Crippen LogP) is 1.01. The van der Waals surface area contributed by atoms with E-state index < -0.39 is 6.09 Å². The molecule has 0 spiro atoms. The molecule has 1 unspecified atom stereocenters. The number of aromatic nitrogens is 2. The summed E-state index contributed by atoms with van der Waals surface area (Å²) in [5, 5.41) is 5.39. The van der Waals surface area contributed by atoms with Crippen molar-refractivity contribution in [1.82, 2.24) is 20.0 Å². The number of nitrogens with zero attached hydrogens (tertiary/aromatic N) is 2. The number of hydrogen-bond acceptors (Lipinski definition) is 7. The molecule has 2 N–H and O–H groups in total. The van der Waals surface area contributed by atoms with Crippen LogP contribution < -0.4 is 21.8 Å². The van der Waals surface area contributed by atoms with Gasteiger partial charge in [-0.3, -0.25) is 19.1 Å². The van der Waals surface area contributed by atoms with Crippen LogP contribution in [0.15, 0.2) is 20.1 Å². The van der Waals surface area contributed by atoms with Crippen molar-refractivity contribution in [2.24, 2.45) is 24.8 Å². The lowest BCUT2D eigenvalue weighted by Crippen LogP contribution is -2.38. The van der Waals surface area contributed by atoms with E-state index in [0.717, 1.165) is 25.7 Å². The Balaban J connectivity index is 1.13. The number of rotatable bonds is 14. The van der Waals surface area contributed by atoms with E-state index in [-0.39, 0.29) is 34.5 Å². The van der Waals surface area contributed by atoms with Crippen molar-refractivity contribution < 1.29 is 23.8 Å². The molecule has 1 aromatic heterocycles. The lowest BCUT2D eigenvalue weighted by Gasteiger charge is -2.12. The summed E-state index contributed by atoms with van der Waals surface area (Å²) in [5.41, 5.74) is -0.714. The minimum atomic E-state index is -0.418. The predicted molar refractivity (Wildman–Crippen MR) is 139 cm³/mol. The summed E-state index contributed by atoms with van der Waals surface area (Å²) in [6.45, 7) is 2.59. The Kier molecular flexibility index (Phi) is 11.7. The second kappa shape index (κ2) is 15.0. The quantitative estimate of drug-likeness (QED) is 0.247. The lowest BCUT2D eigenvalue weighted by atomic mass is 10.1. The second-order valence-electron chi connectivity index (χ2n) is 9.05. The number of hydrogen-bond donors (Lipinski definition) is 2. The summed E-state index contributed by atoms with van der Waals surface area (Å²) in [4.78, 5) is 47.7. The zero-order valence-corrected chi connectivity index (χ0v) is 22.7. The first-order chi connectivity index (χ1) is 17.9. The van der Waals surface area contributed by atoms with Gasteiger partial charge in [-0.2, -0.15) is 0 Å². The summed E-state index contributed by atoms with van der Waals surface area (Å²) in [6, 6.07) is 1.20. The van der Waals surface area contributed by atoms with Gasteiger partial charge in [0, 0.05) is 45.5 Å². The van der Waals surface area contributed by atoms with E-state index in [2.05, 4.69) is 38.4 Å². The number of nitrogens with one attached hydrogen (secondary N) is 2. The normalized spacial score (nSPS) is 20.0. The monoisotopic (exact) mass is 582 g/mol. The number of alkyl carbamates (subject to hydrolysis) is 1. The summed E-state index contributed by atoms with van der Waals surface area (Å²) in [5.74, 6) is 7.88. The Morgan fingerprint density at radius 2 is 1.65 bits per heavy atom. The Hall–Kier alpha value is -2.62. The summed E-state index contributed by atoms with van der Waals surface area (Å²) in [7, 11) is 1.48. The van der Waals surface area contributed by atoms with Gasteiger partial charge in [0.2, 0.25) is 5.91 Å². The van der Waals surface area contributed by atoms with Gasteiger partial charge in [0.25, 0.3) is 11.1 Å². The molecule has 204 valence electrons. The van der Waals surface area contributed by atoms with Crippen LogP contribution in [-0.2, 0) is 32.6 Å². The molecule has 1 heterocycles. The molecule has 1 saturated carbocycles. The number of ether oxygens (including phenoxy) is 3. The highest BCUT2D eigenvalue weighted by molar-refractivity contribution is 9.10. The molecule has 11 nitrogen and oxygen atoms in total. The fourth-order valence-electron chi connectivity index (χ4n) is 4.50. The van der Waals surface area contributed by atoms with Crippen molar-refractivity contribution in [1.29, 1.82) is 0 Å². The van der Waals surface area contributed by atoms with Gasteiger partial charge in [-0.05, 0) is 46.5 Å². The van der Waals surface area contributed by atoms with E-state index in [4.69, 9.17) is 14.2 Å². The average Bonchev–Trinajstić information content (AvgIpc) is 3.51. The van der Waals surface area contributed by atoms with Gasteiger partial charge >= 0.3 is 6.09 Å². The van der Waals surface area contributed by atoms with Crippen LogP contribution in [-0.4, -0.2) is 67.5 Å². The first-order valence-corrected chi connectivity index (χ1v) is 13.4. The van der Waals surface area contributed by atoms with E-state index in [1.54, 1.807) is 0 Å². The maximum atomic E-state index is 12.1. The minimum Gasteiger partial charge on any atom is -0.449 e. The van der Waals surface area contributed by atoms with Crippen LogP contribution in [0.5, 0.6) is 0 Å². The van der Waals surface area contributed by atoms with Gasteiger partial charge in [-0.1, -0.05) is 0 Å². The van der Waals surface area contributed by atoms with Crippen molar-refractivity contribution in [3.8, 4) is 11.8 Å². The summed E-state index contributed by atoms with van der Waals surface area (Å²) < 4.78 is 18.7. The number of fused-ring (bicyclic) bond motifs is 1. The van der Waals surface area contributed by atoms with Gasteiger partial charge < -0.3 is 24.8 Å². The van der Waals surface area contributed by atoms with Crippen LogP contribution in [0.3, 0.4) is 0 Å². The maximum Gasteiger partial charge on any atom is 0.407 e. The van der Waals surface area contributed by atoms with E-state index in [0.29, 0.717) is 63.9 Å². The fraction of sp³-hybridized carbons (Fsp3) is 0.680. The molecule has 3 atom stereocenters. The zero-order valence-electron chi connectivity index (χ0n) is 21.1. The second-order valence-corrected chi connectivity index (χ2v) is 9.91. The van der Waals surface area contributed by atoms with Crippen molar-refractivity contribution in [2.75, 3.05) is 46.1 Å². The standard InChI is InChI=1S/C25H35BrN4O7/c1-29-23(32)16-21(26)24(33)30(29)11-8-22(31)27-9-12-35-14-15-36-13-10-28-25(34)37-17-20-18-6-4-2-3-5-7-19(18)20/h16,18-20H,4-15,17H2,1H3,(H,27,31)(H,28,34)/t18-,19+,20?. The topological polar surface area (TPSA) is 130 Å². The van der Waals surface area contributed by atoms with Crippen LogP contribution in [0.25, 0.3) is 0 Å². The number of halogens is 1. The maximum absolute atomic E-state index is 12.1. The third kappa shape index (κ3) is 9.32. The molecular weight excluding hydrogens is 548 g/mol. The Bertz CT molecular complexity index is 1090. The minimum absolute atomic E-state index is 0.0545. The van der Waals surface area contributed by atoms with Gasteiger partial charge in [0.1, 0.15) is 0 Å². The molecule has 0 saturated heterocycles. The largest absolute Gasteiger partial charge is 0.449 e. The SMILES string of the molecule is Cn1c(=O)cc(Br)c(=O)n1CCC(=O)NCCOCCOCCNC(=O)OCC1[C@H]2CCC#CCC[C@@H]12. The third-order valence-electron chi connectivity index (χ3n) is 6.62. The van der Waals surface area contributed by atoms with Crippen molar-refractivity contribution in [3.63, 3.8) is 0 Å². The highest BCUT2D eigenvalue weighted by atomic mass is 79.9. The molecule has 2 aliphatic rings. The van der Waals surface area contributed by atoms with Gasteiger partial charge in [-0.25, -0.2) is 9.48 Å². The van der Waals surface area contributed by atoms with Crippen LogP contribution in [0.1, 0.15) is 32.1 Å². The Morgan fingerprint density at radius 3 is 2.30 bits per heavy atom. The van der Waals surface area contributed by atoms with Crippen LogP contribution in [0.2, 0.25) is 0 Å². The van der Waals surface area contributed by atoms with E-state index in [9.17, 15) is 19.2 Å². The molecule has 0 aliphatic heterocycles. The Morgan fingerprint density at radius 1 is 1.03 bits per heavy atom. The molecule has 0 aromatic carbocycles. The van der Waals surface area contributed by atoms with Crippen molar-refractivity contribution in [3.05, 3.63) is 31.2 Å². The molecule has 2 amide bonds. The third-order valence-corrected chi connectivity index (χ3v) is 7.19. The molecule has 37 heavy (non-hydrogen) atoms. The molecular formula is C25H35BrN4O7. The number of carbonyl (C=O) groups excluding carboxylic acids is 2. The first kappa shape index (κ1) is 28.9. The molecule has 1 aromatic rings. The summed E-state index contributed by atoms with van der Waals surface area (Å²) >= 11 is 3.06. The fourth-order valence-corrected chi connectivity index (χ4v) is 4.91. The molecule has 2 aliphatic carbocycles. The van der Waals surface area contributed by atoms with Crippen molar-refractivity contribution >= 4 is 27.9 Å². The highest BCUT2D eigenvalue weighted by Crippen LogP contribution is 2.52. The molecule has 12 heteroatoms.